The summed E-state index contributed by atoms with van der Waals surface area (Å²) in [7, 11) is 0. The van der Waals surface area contributed by atoms with Gasteiger partial charge < -0.3 is 14.9 Å². The first kappa shape index (κ1) is 14.3. The van der Waals surface area contributed by atoms with Crippen molar-refractivity contribution in [2.45, 2.75) is 39.2 Å². The zero-order chi connectivity index (χ0) is 14.0. The summed E-state index contributed by atoms with van der Waals surface area (Å²) in [5.74, 6) is 0.342. The molecule has 1 N–H and O–H groups in total. The largest absolute Gasteiger partial charge is 0.391 e. The lowest BCUT2D eigenvalue weighted by Crippen LogP contribution is -2.45. The molecule has 2 atom stereocenters. The maximum atomic E-state index is 12.4. The van der Waals surface area contributed by atoms with Crippen LogP contribution in [0.15, 0.2) is 0 Å². The van der Waals surface area contributed by atoms with Gasteiger partial charge in [-0.25, -0.2) is 0 Å². The molecule has 2 amide bonds. The minimum absolute atomic E-state index is 0.0401. The highest BCUT2D eigenvalue weighted by Gasteiger charge is 2.37. The Labute approximate surface area is 114 Å². The van der Waals surface area contributed by atoms with Crippen LogP contribution in [-0.2, 0) is 9.59 Å². The SMILES string of the molecule is CC(C)CN1CC(C(=O)N2CCC[C@H](O)C2)CC1=O. The second-order valence-corrected chi connectivity index (χ2v) is 6.17. The van der Waals surface area contributed by atoms with Crippen molar-refractivity contribution in [3.8, 4) is 0 Å². The predicted octanol–water partition coefficient (Wildman–Crippen LogP) is 0.474. The summed E-state index contributed by atoms with van der Waals surface area (Å²) in [6.07, 6.45) is 1.55. The molecule has 0 saturated carbocycles. The van der Waals surface area contributed by atoms with Gasteiger partial charge in [0, 0.05) is 32.6 Å². The average molecular weight is 268 g/mol. The van der Waals surface area contributed by atoms with E-state index in [1.165, 1.54) is 0 Å². The fraction of sp³-hybridized carbons (Fsp3) is 0.857. The number of likely N-dealkylation sites (tertiary alicyclic amines) is 2. The molecule has 2 heterocycles. The Balaban J connectivity index is 1.92. The standard InChI is InChI=1S/C14H24N2O3/c1-10(2)7-16-8-11(6-13(16)18)14(19)15-5-3-4-12(17)9-15/h10-12,17H,3-9H2,1-2H3/t11?,12-/m0/s1. The van der Waals surface area contributed by atoms with E-state index >= 15 is 0 Å². The molecule has 108 valence electrons. The lowest BCUT2D eigenvalue weighted by molar-refractivity contribution is -0.138. The van der Waals surface area contributed by atoms with Crippen LogP contribution in [-0.4, -0.2) is 59.0 Å². The summed E-state index contributed by atoms with van der Waals surface area (Å²) in [5, 5.41) is 9.62. The fourth-order valence-corrected chi connectivity index (χ4v) is 2.97. The number of carbonyl (C=O) groups is 2. The molecule has 0 aromatic carbocycles. The van der Waals surface area contributed by atoms with Crippen LogP contribution in [0.3, 0.4) is 0 Å². The van der Waals surface area contributed by atoms with Crippen molar-refractivity contribution in [3.63, 3.8) is 0 Å². The third-order valence-corrected chi connectivity index (χ3v) is 3.86. The smallest absolute Gasteiger partial charge is 0.228 e. The van der Waals surface area contributed by atoms with Gasteiger partial charge in [-0.3, -0.25) is 9.59 Å². The van der Waals surface area contributed by atoms with Crippen LogP contribution in [0.4, 0.5) is 0 Å². The van der Waals surface area contributed by atoms with Crippen molar-refractivity contribution < 1.29 is 14.7 Å². The molecule has 2 fully saturated rings. The van der Waals surface area contributed by atoms with Gasteiger partial charge in [-0.05, 0) is 18.8 Å². The van der Waals surface area contributed by atoms with E-state index in [1.54, 1.807) is 9.80 Å². The highest BCUT2D eigenvalue weighted by Crippen LogP contribution is 2.23. The molecule has 0 bridgehead atoms. The van der Waals surface area contributed by atoms with Crippen LogP contribution in [0.5, 0.6) is 0 Å². The zero-order valence-corrected chi connectivity index (χ0v) is 11.8. The number of hydrogen-bond acceptors (Lipinski definition) is 3. The number of aliphatic hydroxyl groups excluding tert-OH is 1. The summed E-state index contributed by atoms with van der Waals surface area (Å²) in [5.41, 5.74) is 0. The third kappa shape index (κ3) is 3.47. The quantitative estimate of drug-likeness (QED) is 0.809. The molecule has 2 rings (SSSR count). The van der Waals surface area contributed by atoms with E-state index in [1.807, 2.05) is 0 Å². The number of carbonyl (C=O) groups excluding carboxylic acids is 2. The molecule has 2 saturated heterocycles. The lowest BCUT2D eigenvalue weighted by atomic mass is 10.0. The monoisotopic (exact) mass is 268 g/mol. The van der Waals surface area contributed by atoms with Gasteiger partial charge >= 0.3 is 0 Å². The van der Waals surface area contributed by atoms with Crippen LogP contribution in [0.25, 0.3) is 0 Å². The molecule has 0 radical (unpaired) electrons. The van der Waals surface area contributed by atoms with Gasteiger partial charge in [0.15, 0.2) is 0 Å². The van der Waals surface area contributed by atoms with Crippen molar-refractivity contribution in [2.24, 2.45) is 11.8 Å². The topological polar surface area (TPSA) is 60.9 Å². The van der Waals surface area contributed by atoms with Gasteiger partial charge in [-0.15, -0.1) is 0 Å². The van der Waals surface area contributed by atoms with Gasteiger partial charge in [0.2, 0.25) is 11.8 Å². The summed E-state index contributed by atoms with van der Waals surface area (Å²) in [6.45, 7) is 6.55. The molecule has 0 aromatic rings. The number of β-amino-alcohol motifs (C(OH)–C–C–N with tert-alkyl or cyclic N) is 1. The number of amides is 2. The molecule has 5 nitrogen and oxygen atoms in total. The highest BCUT2D eigenvalue weighted by atomic mass is 16.3. The summed E-state index contributed by atoms with van der Waals surface area (Å²) >= 11 is 0. The maximum Gasteiger partial charge on any atom is 0.228 e. The molecule has 0 spiro atoms. The molecular formula is C14H24N2O3. The van der Waals surface area contributed by atoms with E-state index in [0.717, 1.165) is 19.4 Å². The Bertz CT molecular complexity index is 357. The molecule has 0 aliphatic carbocycles. The molecule has 1 unspecified atom stereocenters. The van der Waals surface area contributed by atoms with Gasteiger partial charge in [-0.1, -0.05) is 13.8 Å². The van der Waals surface area contributed by atoms with Crippen LogP contribution < -0.4 is 0 Å². The van der Waals surface area contributed by atoms with Crippen LogP contribution in [0, 0.1) is 11.8 Å². The lowest BCUT2D eigenvalue weighted by Gasteiger charge is -2.32. The molecular weight excluding hydrogens is 244 g/mol. The van der Waals surface area contributed by atoms with Gasteiger partial charge in [0.05, 0.1) is 12.0 Å². The van der Waals surface area contributed by atoms with E-state index in [9.17, 15) is 14.7 Å². The molecule has 19 heavy (non-hydrogen) atoms. The molecule has 2 aliphatic rings. The molecule has 5 heteroatoms. The molecule has 2 aliphatic heterocycles. The van der Waals surface area contributed by atoms with E-state index in [2.05, 4.69) is 13.8 Å². The fourth-order valence-electron chi connectivity index (χ4n) is 2.97. The second-order valence-electron chi connectivity index (χ2n) is 6.17. The first-order valence-electron chi connectivity index (χ1n) is 7.22. The Morgan fingerprint density at radius 1 is 1.42 bits per heavy atom. The third-order valence-electron chi connectivity index (χ3n) is 3.86. The van der Waals surface area contributed by atoms with Crippen LogP contribution >= 0.6 is 0 Å². The first-order chi connectivity index (χ1) is 8.97. The first-order valence-corrected chi connectivity index (χ1v) is 7.22. The highest BCUT2D eigenvalue weighted by molar-refractivity contribution is 5.89. The maximum absolute atomic E-state index is 12.4. The average Bonchev–Trinajstić information content (AvgIpc) is 2.69. The Morgan fingerprint density at radius 2 is 2.16 bits per heavy atom. The van der Waals surface area contributed by atoms with Crippen molar-refractivity contribution in [1.29, 1.82) is 0 Å². The van der Waals surface area contributed by atoms with Crippen LogP contribution in [0.1, 0.15) is 33.1 Å². The number of nitrogens with zero attached hydrogens (tertiary/aromatic N) is 2. The normalized spacial score (nSPS) is 28.3. The van der Waals surface area contributed by atoms with Gasteiger partial charge in [-0.2, -0.15) is 0 Å². The zero-order valence-electron chi connectivity index (χ0n) is 11.8. The minimum atomic E-state index is -0.401. The predicted molar refractivity (Wildman–Crippen MR) is 71.3 cm³/mol. The minimum Gasteiger partial charge on any atom is -0.391 e. The van der Waals surface area contributed by atoms with Crippen LogP contribution in [0.2, 0.25) is 0 Å². The number of aliphatic hydroxyl groups is 1. The number of hydrogen-bond donors (Lipinski definition) is 1. The number of rotatable bonds is 3. The Kier molecular flexibility index (Phi) is 4.45. The van der Waals surface area contributed by atoms with Crippen molar-refractivity contribution in [2.75, 3.05) is 26.2 Å². The van der Waals surface area contributed by atoms with E-state index in [-0.39, 0.29) is 17.7 Å². The number of piperidine rings is 1. The Hall–Kier alpha value is -1.10. The summed E-state index contributed by atoms with van der Waals surface area (Å²) in [6, 6.07) is 0. The van der Waals surface area contributed by atoms with E-state index in [0.29, 0.717) is 32.0 Å². The summed E-state index contributed by atoms with van der Waals surface area (Å²) in [4.78, 5) is 27.8. The van der Waals surface area contributed by atoms with Crippen molar-refractivity contribution >= 4 is 11.8 Å². The summed E-state index contributed by atoms with van der Waals surface area (Å²) < 4.78 is 0. The van der Waals surface area contributed by atoms with Crippen molar-refractivity contribution in [3.05, 3.63) is 0 Å². The Morgan fingerprint density at radius 3 is 2.79 bits per heavy atom. The van der Waals surface area contributed by atoms with Crippen molar-refractivity contribution in [1.82, 2.24) is 9.80 Å². The van der Waals surface area contributed by atoms with Gasteiger partial charge in [0.25, 0.3) is 0 Å². The van der Waals surface area contributed by atoms with Gasteiger partial charge in [0.1, 0.15) is 0 Å². The van der Waals surface area contributed by atoms with E-state index < -0.39 is 6.10 Å². The second kappa shape index (κ2) is 5.90. The molecule has 0 aromatic heterocycles. The van der Waals surface area contributed by atoms with E-state index in [4.69, 9.17) is 0 Å².